The van der Waals surface area contributed by atoms with Gasteiger partial charge in [-0.3, -0.25) is 4.79 Å². The highest BCUT2D eigenvalue weighted by Gasteiger charge is 2.32. The van der Waals surface area contributed by atoms with Crippen molar-refractivity contribution in [2.75, 3.05) is 25.5 Å². The van der Waals surface area contributed by atoms with Crippen LogP contribution in [0.5, 0.6) is 0 Å². The number of carbonyl (C=O) groups excluding carboxylic acids is 1. The number of alkyl halides is 4. The molecule has 220 valence electrons. The van der Waals surface area contributed by atoms with Gasteiger partial charge >= 0.3 is 6.18 Å². The Hall–Kier alpha value is -3.94. The highest BCUT2D eigenvalue weighted by Crippen LogP contribution is 2.35. The maximum Gasteiger partial charge on any atom is 0.406 e. The lowest BCUT2D eigenvalue weighted by Gasteiger charge is -2.33. The van der Waals surface area contributed by atoms with Gasteiger partial charge in [-0.1, -0.05) is 32.0 Å². The third-order valence-electron chi connectivity index (χ3n) is 6.84. The van der Waals surface area contributed by atoms with E-state index >= 15 is 0 Å². The zero-order chi connectivity index (χ0) is 29.5. The number of halogens is 4. The van der Waals surface area contributed by atoms with Gasteiger partial charge in [0, 0.05) is 29.6 Å². The minimum absolute atomic E-state index is 0.000116. The number of nitrogens with one attached hydrogen (secondary N) is 2. The fourth-order valence-electron chi connectivity index (χ4n) is 4.76. The molecular formula is C27H31F4N7O3. The number of nitrogens with zero attached hydrogens (tertiary/aromatic N) is 5. The Kier molecular flexibility index (Phi) is 7.53. The number of likely N-dealkylation sites (tertiary alicyclic amines) is 1. The Balaban J connectivity index is 1.40. The molecule has 1 fully saturated rings. The van der Waals surface area contributed by atoms with Crippen molar-refractivity contribution in [3.05, 3.63) is 48.0 Å². The number of rotatable bonds is 7. The summed E-state index contributed by atoms with van der Waals surface area (Å²) in [5, 5.41) is 10.1. The minimum Gasteiger partial charge on any atom is -0.435 e. The van der Waals surface area contributed by atoms with Crippen LogP contribution in [0.2, 0.25) is 0 Å². The summed E-state index contributed by atoms with van der Waals surface area (Å²) in [4.78, 5) is 22.7. The summed E-state index contributed by atoms with van der Waals surface area (Å²) in [5.41, 5.74) is 0.480. The van der Waals surface area contributed by atoms with Crippen molar-refractivity contribution in [3.8, 4) is 11.5 Å². The van der Waals surface area contributed by atoms with E-state index in [4.69, 9.17) is 8.94 Å². The second-order valence-corrected chi connectivity index (χ2v) is 11.3. The predicted molar refractivity (Wildman–Crippen MR) is 142 cm³/mol. The van der Waals surface area contributed by atoms with Crippen LogP contribution in [0.4, 0.5) is 23.2 Å². The van der Waals surface area contributed by atoms with Crippen LogP contribution >= 0.6 is 0 Å². The largest absolute Gasteiger partial charge is 0.435 e. The number of piperidine rings is 1. The molecule has 0 radical (unpaired) electrons. The summed E-state index contributed by atoms with van der Waals surface area (Å²) in [6.07, 6.45) is -3.80. The average Bonchev–Trinajstić information content (AvgIpc) is 3.63. The molecule has 1 aliphatic heterocycles. The fraction of sp³-hybridized carbons (Fsp3) is 0.481. The number of hydrogen-bond acceptors (Lipinski definition) is 8. The standard InChI is InChI=1S/C27H31F4N7O3/c1-26(2,3)25-33-11-21(40-25)24(39)32-12-22-35-23(36-41-22)20-10-15-17(34-18-8-9-37(4)13-16(18)28)6-5-7-19(15)38(20)14-27(29,30)31/h5-7,10-11,16,18,34H,8-9,12-14H2,1-4H3,(H,32,39)/t16-,18+/m0/s1. The second-order valence-electron chi connectivity index (χ2n) is 11.3. The van der Waals surface area contributed by atoms with Gasteiger partial charge in [0.1, 0.15) is 12.7 Å². The van der Waals surface area contributed by atoms with E-state index in [-0.39, 0.29) is 47.2 Å². The Bertz CT molecular complexity index is 1540. The van der Waals surface area contributed by atoms with E-state index in [2.05, 4.69) is 25.8 Å². The fourth-order valence-corrected chi connectivity index (χ4v) is 4.76. The molecule has 0 aliphatic carbocycles. The van der Waals surface area contributed by atoms with Crippen LogP contribution < -0.4 is 10.6 Å². The van der Waals surface area contributed by atoms with Gasteiger partial charge in [-0.05, 0) is 31.7 Å². The van der Waals surface area contributed by atoms with Gasteiger partial charge in [0.05, 0.1) is 30.0 Å². The van der Waals surface area contributed by atoms with Crippen molar-refractivity contribution in [1.29, 1.82) is 0 Å². The number of amides is 1. The number of carbonyl (C=O) groups is 1. The van der Waals surface area contributed by atoms with Crippen LogP contribution in [0.3, 0.4) is 0 Å². The molecule has 4 heterocycles. The lowest BCUT2D eigenvalue weighted by molar-refractivity contribution is -0.139. The van der Waals surface area contributed by atoms with E-state index in [9.17, 15) is 22.4 Å². The highest BCUT2D eigenvalue weighted by atomic mass is 19.4. The van der Waals surface area contributed by atoms with Crippen molar-refractivity contribution in [2.24, 2.45) is 0 Å². The normalized spacial score (nSPS) is 18.6. The van der Waals surface area contributed by atoms with Crippen molar-refractivity contribution >= 4 is 22.5 Å². The van der Waals surface area contributed by atoms with E-state index in [1.54, 1.807) is 18.2 Å². The summed E-state index contributed by atoms with van der Waals surface area (Å²) in [7, 11) is 1.84. The van der Waals surface area contributed by atoms with Crippen LogP contribution in [0.25, 0.3) is 22.4 Å². The first kappa shape index (κ1) is 28.6. The molecule has 1 aliphatic rings. The zero-order valence-electron chi connectivity index (χ0n) is 23.0. The Morgan fingerprint density at radius 2 is 2.00 bits per heavy atom. The first-order valence-corrected chi connectivity index (χ1v) is 13.1. The molecule has 1 saturated heterocycles. The molecule has 0 spiro atoms. The number of oxazole rings is 1. The van der Waals surface area contributed by atoms with E-state index in [1.165, 1.54) is 12.3 Å². The number of benzene rings is 1. The predicted octanol–water partition coefficient (Wildman–Crippen LogP) is 4.92. The molecule has 3 aromatic heterocycles. The third-order valence-corrected chi connectivity index (χ3v) is 6.84. The molecule has 14 heteroatoms. The molecular weight excluding hydrogens is 546 g/mol. The monoisotopic (exact) mass is 577 g/mol. The molecule has 1 amide bonds. The lowest BCUT2D eigenvalue weighted by Crippen LogP contribution is -2.46. The van der Waals surface area contributed by atoms with Gasteiger partial charge in [-0.2, -0.15) is 18.2 Å². The van der Waals surface area contributed by atoms with E-state index < -0.39 is 30.8 Å². The molecule has 0 bridgehead atoms. The molecule has 2 N–H and O–H groups in total. The average molecular weight is 578 g/mol. The minimum atomic E-state index is -4.54. The molecule has 10 nitrogen and oxygen atoms in total. The molecule has 4 aromatic rings. The van der Waals surface area contributed by atoms with Crippen molar-refractivity contribution in [3.63, 3.8) is 0 Å². The van der Waals surface area contributed by atoms with Gasteiger partial charge in [-0.15, -0.1) is 0 Å². The summed E-state index contributed by atoms with van der Waals surface area (Å²) in [6, 6.07) is 5.94. The lowest BCUT2D eigenvalue weighted by atomic mass is 9.97. The van der Waals surface area contributed by atoms with Crippen LogP contribution in [0, 0.1) is 0 Å². The van der Waals surface area contributed by atoms with Crippen LogP contribution in [0.15, 0.2) is 39.4 Å². The van der Waals surface area contributed by atoms with E-state index in [0.717, 1.165) is 4.57 Å². The highest BCUT2D eigenvalue weighted by molar-refractivity contribution is 5.96. The first-order valence-electron chi connectivity index (χ1n) is 13.1. The Labute approximate surface area is 233 Å². The molecule has 0 saturated carbocycles. The van der Waals surface area contributed by atoms with Crippen molar-refractivity contribution in [1.82, 2.24) is 29.9 Å². The second kappa shape index (κ2) is 10.8. The van der Waals surface area contributed by atoms with Crippen LogP contribution in [0.1, 0.15) is 49.5 Å². The topological polar surface area (TPSA) is 114 Å². The third kappa shape index (κ3) is 6.37. The van der Waals surface area contributed by atoms with Gasteiger partial charge in [-0.25, -0.2) is 9.37 Å². The SMILES string of the molecule is CN1CC[C@@H](Nc2cccc3c2cc(-c2noc(CNC(=O)c4cnc(C(C)(C)C)o4)n2)n3CC(F)(F)F)[C@@H](F)C1. The molecule has 1 aromatic carbocycles. The molecule has 5 rings (SSSR count). The number of hydrogen-bond donors (Lipinski definition) is 2. The summed E-state index contributed by atoms with van der Waals surface area (Å²) in [5.74, 6) is -0.266. The smallest absolute Gasteiger partial charge is 0.406 e. The van der Waals surface area contributed by atoms with Crippen LogP contribution in [-0.2, 0) is 18.5 Å². The molecule has 2 atom stereocenters. The summed E-state index contributed by atoms with van der Waals surface area (Å²) >= 11 is 0. The summed E-state index contributed by atoms with van der Waals surface area (Å²) < 4.78 is 67.4. The van der Waals surface area contributed by atoms with Gasteiger partial charge in [0.25, 0.3) is 5.91 Å². The summed E-state index contributed by atoms with van der Waals surface area (Å²) in [6.45, 7) is 5.17. The first-order chi connectivity index (χ1) is 19.3. The van der Waals surface area contributed by atoms with Gasteiger partial charge in [0.2, 0.25) is 23.4 Å². The number of anilines is 1. The van der Waals surface area contributed by atoms with Gasteiger partial charge < -0.3 is 29.0 Å². The quantitative estimate of drug-likeness (QED) is 0.298. The van der Waals surface area contributed by atoms with Crippen molar-refractivity contribution in [2.45, 2.75) is 64.1 Å². The van der Waals surface area contributed by atoms with Gasteiger partial charge in [0.15, 0.2) is 0 Å². The zero-order valence-corrected chi connectivity index (χ0v) is 23.0. The molecule has 0 unspecified atom stereocenters. The maximum atomic E-state index is 14.7. The maximum absolute atomic E-state index is 14.7. The van der Waals surface area contributed by atoms with Crippen LogP contribution in [-0.4, -0.2) is 69.0 Å². The Morgan fingerprint density at radius 3 is 2.68 bits per heavy atom. The van der Waals surface area contributed by atoms with E-state index in [0.29, 0.717) is 29.9 Å². The number of fused-ring (bicyclic) bond motifs is 1. The Morgan fingerprint density at radius 1 is 1.22 bits per heavy atom. The molecule has 41 heavy (non-hydrogen) atoms. The van der Waals surface area contributed by atoms with E-state index in [1.807, 2.05) is 32.7 Å². The van der Waals surface area contributed by atoms with Crippen molar-refractivity contribution < 1.29 is 31.3 Å². The number of aromatic nitrogens is 4.